The van der Waals surface area contributed by atoms with Gasteiger partial charge < -0.3 is 5.32 Å². The molecule has 0 bridgehead atoms. The van der Waals surface area contributed by atoms with E-state index in [1.807, 2.05) is 0 Å². The summed E-state index contributed by atoms with van der Waals surface area (Å²) in [5.74, 6) is -0.673. The molecule has 0 radical (unpaired) electrons. The molecule has 0 atom stereocenters. The van der Waals surface area contributed by atoms with Gasteiger partial charge in [0.15, 0.2) is 0 Å². The van der Waals surface area contributed by atoms with Gasteiger partial charge >= 0.3 is 0 Å². The zero-order valence-electron chi connectivity index (χ0n) is 9.03. The smallest absolute Gasteiger partial charge is 0.246 e. The summed E-state index contributed by atoms with van der Waals surface area (Å²) in [5, 5.41) is 6.65. The van der Waals surface area contributed by atoms with Crippen LogP contribution in [-0.4, -0.2) is 15.7 Å². The van der Waals surface area contributed by atoms with Crippen molar-refractivity contribution in [2.24, 2.45) is 0 Å². The molecule has 0 aliphatic heterocycles. The lowest BCUT2D eigenvalue weighted by Crippen LogP contribution is -2.19. The Kier molecular flexibility index (Phi) is 4.13. The molecule has 7 heteroatoms. The zero-order valence-corrected chi connectivity index (χ0v) is 12.2. The molecule has 0 unspecified atom stereocenters. The first kappa shape index (κ1) is 13.2. The number of amides is 1. The van der Waals surface area contributed by atoms with Gasteiger partial charge in [-0.15, -0.1) is 0 Å². The van der Waals surface area contributed by atoms with Crippen LogP contribution in [0.25, 0.3) is 0 Å². The molecule has 1 aromatic heterocycles. The minimum Gasteiger partial charge on any atom is -0.324 e. The molecule has 4 nitrogen and oxygen atoms in total. The highest BCUT2D eigenvalue weighted by atomic mass is 79.9. The molecule has 2 rings (SSSR count). The summed E-state index contributed by atoms with van der Waals surface area (Å²) in [6, 6.07) is 7.46. The first-order chi connectivity index (χ1) is 8.54. The predicted octanol–water partition coefficient (Wildman–Crippen LogP) is 3.19. The largest absolute Gasteiger partial charge is 0.324 e. The van der Waals surface area contributed by atoms with E-state index < -0.39 is 5.82 Å². The molecular formula is C11H8Br2FN3O. The monoisotopic (exact) mass is 375 g/mol. The van der Waals surface area contributed by atoms with Crippen molar-refractivity contribution in [3.8, 4) is 0 Å². The lowest BCUT2D eigenvalue weighted by Gasteiger charge is -2.06. The van der Waals surface area contributed by atoms with Gasteiger partial charge in [-0.1, -0.05) is 6.07 Å². The molecule has 0 aliphatic rings. The van der Waals surface area contributed by atoms with Crippen molar-refractivity contribution >= 4 is 43.5 Å². The van der Waals surface area contributed by atoms with Crippen LogP contribution in [0.3, 0.4) is 0 Å². The molecule has 0 fully saturated rings. The highest BCUT2D eigenvalue weighted by molar-refractivity contribution is 9.11. The second kappa shape index (κ2) is 5.62. The van der Waals surface area contributed by atoms with Gasteiger partial charge in [0.1, 0.15) is 21.6 Å². The second-order valence-electron chi connectivity index (χ2n) is 3.51. The van der Waals surface area contributed by atoms with Crippen LogP contribution < -0.4 is 5.32 Å². The highest BCUT2D eigenvalue weighted by Gasteiger charge is 2.09. The topological polar surface area (TPSA) is 46.9 Å². The molecule has 1 aromatic carbocycles. The van der Waals surface area contributed by atoms with Crippen molar-refractivity contribution in [1.29, 1.82) is 0 Å². The fraction of sp³-hybridized carbons (Fsp3) is 0.0909. The first-order valence-corrected chi connectivity index (χ1v) is 6.57. The standard InChI is InChI=1S/C11H8Br2FN3O/c12-9-5-10(13)17(16-9)6-11(18)15-8-3-1-2-7(14)4-8/h1-5H,6H2,(H,15,18). The van der Waals surface area contributed by atoms with Crippen molar-refractivity contribution < 1.29 is 9.18 Å². The summed E-state index contributed by atoms with van der Waals surface area (Å²) in [6.07, 6.45) is 0. The maximum Gasteiger partial charge on any atom is 0.246 e. The van der Waals surface area contributed by atoms with Gasteiger partial charge in [0.25, 0.3) is 0 Å². The van der Waals surface area contributed by atoms with Crippen LogP contribution in [0.2, 0.25) is 0 Å². The number of rotatable bonds is 3. The van der Waals surface area contributed by atoms with E-state index in [2.05, 4.69) is 42.3 Å². The molecule has 1 amide bonds. The van der Waals surface area contributed by atoms with E-state index in [1.165, 1.54) is 22.9 Å². The van der Waals surface area contributed by atoms with Crippen LogP contribution in [0.15, 0.2) is 39.5 Å². The Morgan fingerprint density at radius 3 is 2.78 bits per heavy atom. The average molecular weight is 377 g/mol. The van der Waals surface area contributed by atoms with Crippen LogP contribution in [-0.2, 0) is 11.3 Å². The Labute approximate surface area is 119 Å². The van der Waals surface area contributed by atoms with Gasteiger partial charge in [-0.2, -0.15) is 5.10 Å². The Bertz CT molecular complexity index is 585. The number of nitrogens with zero attached hydrogens (tertiary/aromatic N) is 2. The summed E-state index contributed by atoms with van der Waals surface area (Å²) in [5.41, 5.74) is 0.419. The van der Waals surface area contributed by atoms with Crippen molar-refractivity contribution in [1.82, 2.24) is 9.78 Å². The lowest BCUT2D eigenvalue weighted by atomic mass is 10.3. The maximum atomic E-state index is 12.9. The van der Waals surface area contributed by atoms with E-state index in [1.54, 1.807) is 12.1 Å². The second-order valence-corrected chi connectivity index (χ2v) is 5.13. The normalized spacial score (nSPS) is 10.4. The van der Waals surface area contributed by atoms with E-state index in [0.717, 1.165) is 0 Å². The van der Waals surface area contributed by atoms with Gasteiger partial charge in [0.2, 0.25) is 5.91 Å². The summed E-state index contributed by atoms with van der Waals surface area (Å²) in [7, 11) is 0. The quantitative estimate of drug-likeness (QED) is 0.894. The minimum absolute atomic E-state index is 0.0443. The molecule has 18 heavy (non-hydrogen) atoms. The first-order valence-electron chi connectivity index (χ1n) is 4.99. The summed E-state index contributed by atoms with van der Waals surface area (Å²) < 4.78 is 15.7. The Hall–Kier alpha value is -1.21. The van der Waals surface area contributed by atoms with E-state index in [4.69, 9.17) is 0 Å². The Balaban J connectivity index is 2.03. The van der Waals surface area contributed by atoms with E-state index >= 15 is 0 Å². The van der Waals surface area contributed by atoms with Crippen LogP contribution in [0.5, 0.6) is 0 Å². The van der Waals surface area contributed by atoms with Crippen LogP contribution in [0.1, 0.15) is 0 Å². The molecule has 0 saturated heterocycles. The molecule has 0 aliphatic carbocycles. The third-order valence-electron chi connectivity index (χ3n) is 2.10. The number of carbonyl (C=O) groups excluding carboxylic acids is 1. The van der Waals surface area contributed by atoms with E-state index in [9.17, 15) is 9.18 Å². The summed E-state index contributed by atoms with van der Waals surface area (Å²) >= 11 is 6.48. The number of halogens is 3. The Morgan fingerprint density at radius 2 is 2.17 bits per heavy atom. The summed E-state index contributed by atoms with van der Waals surface area (Å²) in [4.78, 5) is 11.7. The SMILES string of the molecule is O=C(Cn1nc(Br)cc1Br)Nc1cccc(F)c1. The third-order valence-corrected chi connectivity index (χ3v) is 3.13. The van der Waals surface area contributed by atoms with Gasteiger partial charge in [-0.05, 0) is 50.1 Å². The molecule has 2 aromatic rings. The van der Waals surface area contributed by atoms with Crippen LogP contribution in [0, 0.1) is 5.82 Å². The van der Waals surface area contributed by atoms with Gasteiger partial charge in [-0.3, -0.25) is 4.79 Å². The maximum absolute atomic E-state index is 12.9. The van der Waals surface area contributed by atoms with Gasteiger partial charge in [0.05, 0.1) is 0 Å². The predicted molar refractivity (Wildman–Crippen MR) is 72.7 cm³/mol. The molecule has 0 spiro atoms. The molecular weight excluding hydrogens is 369 g/mol. The average Bonchev–Trinajstić information content (AvgIpc) is 2.57. The lowest BCUT2D eigenvalue weighted by molar-refractivity contribution is -0.116. The van der Waals surface area contributed by atoms with Gasteiger partial charge in [0, 0.05) is 11.8 Å². The van der Waals surface area contributed by atoms with Crippen LogP contribution >= 0.6 is 31.9 Å². The fourth-order valence-electron chi connectivity index (χ4n) is 1.38. The zero-order chi connectivity index (χ0) is 13.1. The van der Waals surface area contributed by atoms with E-state index in [-0.39, 0.29) is 12.5 Å². The molecule has 1 N–H and O–H groups in total. The molecule has 1 heterocycles. The van der Waals surface area contributed by atoms with Crippen molar-refractivity contribution in [2.45, 2.75) is 6.54 Å². The number of hydrogen-bond acceptors (Lipinski definition) is 2. The Morgan fingerprint density at radius 1 is 1.39 bits per heavy atom. The number of carbonyl (C=O) groups is 1. The minimum atomic E-state index is -0.393. The third kappa shape index (κ3) is 3.39. The number of hydrogen-bond donors (Lipinski definition) is 1. The number of nitrogens with one attached hydrogen (secondary N) is 1. The highest BCUT2D eigenvalue weighted by Crippen LogP contribution is 2.16. The fourth-order valence-corrected chi connectivity index (χ4v) is 2.52. The molecule has 0 saturated carbocycles. The number of aromatic nitrogens is 2. The number of anilines is 1. The number of benzene rings is 1. The molecule has 94 valence electrons. The summed E-state index contributed by atoms with van der Waals surface area (Å²) in [6.45, 7) is 0.0443. The van der Waals surface area contributed by atoms with Crippen molar-refractivity contribution in [2.75, 3.05) is 5.32 Å². The van der Waals surface area contributed by atoms with Crippen LogP contribution in [0.4, 0.5) is 10.1 Å². The van der Waals surface area contributed by atoms with E-state index in [0.29, 0.717) is 14.9 Å². The van der Waals surface area contributed by atoms with Crippen molar-refractivity contribution in [3.63, 3.8) is 0 Å². The van der Waals surface area contributed by atoms with Gasteiger partial charge in [-0.25, -0.2) is 9.07 Å². The van der Waals surface area contributed by atoms with Crippen molar-refractivity contribution in [3.05, 3.63) is 45.4 Å².